The van der Waals surface area contributed by atoms with Crippen molar-refractivity contribution in [2.24, 2.45) is 11.3 Å². The van der Waals surface area contributed by atoms with Crippen LogP contribution in [0.5, 0.6) is 0 Å². The van der Waals surface area contributed by atoms with Crippen LogP contribution < -0.4 is 0 Å². The molecule has 1 aliphatic heterocycles. The van der Waals surface area contributed by atoms with Gasteiger partial charge in [-0.3, -0.25) is 4.79 Å². The molecule has 94 valence electrons. The van der Waals surface area contributed by atoms with Gasteiger partial charge in [0, 0.05) is 24.3 Å². The van der Waals surface area contributed by atoms with Gasteiger partial charge in [-0.05, 0) is 31.6 Å². The Kier molecular flexibility index (Phi) is 2.24. The first-order valence-electron chi connectivity index (χ1n) is 6.87. The van der Waals surface area contributed by atoms with Gasteiger partial charge in [-0.25, -0.2) is 0 Å². The number of rotatable bonds is 0. The van der Waals surface area contributed by atoms with Crippen LogP contribution in [0.15, 0.2) is 11.3 Å². The smallest absolute Gasteiger partial charge is 0.163 e. The predicted molar refractivity (Wildman–Crippen MR) is 66.5 cm³/mol. The number of ketones is 1. The highest BCUT2D eigenvalue weighted by Crippen LogP contribution is 2.53. The van der Waals surface area contributed by atoms with Crippen molar-refractivity contribution in [3.63, 3.8) is 0 Å². The van der Waals surface area contributed by atoms with Crippen molar-refractivity contribution >= 4 is 5.78 Å². The number of ether oxygens (including phenoxy) is 1. The van der Waals surface area contributed by atoms with Gasteiger partial charge in [0.25, 0.3) is 0 Å². The Labute approximate surface area is 103 Å². The summed E-state index contributed by atoms with van der Waals surface area (Å²) in [5.41, 5.74) is 1.07. The molecule has 2 atom stereocenters. The standard InChI is InChI=1S/C15H22O2/c1-14(2)8-11(16)13-10-6-4-5-7-15(10,3)17-12(13)9-14/h10H,4-9H2,1-3H3. The monoisotopic (exact) mass is 234 g/mol. The second-order valence-corrected chi connectivity index (χ2v) is 6.99. The van der Waals surface area contributed by atoms with E-state index in [9.17, 15) is 4.79 Å². The maximum absolute atomic E-state index is 12.4. The topological polar surface area (TPSA) is 26.3 Å². The van der Waals surface area contributed by atoms with E-state index in [1.165, 1.54) is 12.8 Å². The fourth-order valence-corrected chi connectivity index (χ4v) is 3.91. The van der Waals surface area contributed by atoms with Crippen LogP contribution in [0.4, 0.5) is 0 Å². The van der Waals surface area contributed by atoms with Crippen LogP contribution in [0.25, 0.3) is 0 Å². The lowest BCUT2D eigenvalue weighted by Crippen LogP contribution is -2.37. The van der Waals surface area contributed by atoms with Crippen molar-refractivity contribution < 1.29 is 9.53 Å². The average Bonchev–Trinajstić information content (AvgIpc) is 2.46. The second-order valence-electron chi connectivity index (χ2n) is 6.99. The van der Waals surface area contributed by atoms with Gasteiger partial charge in [0.2, 0.25) is 0 Å². The van der Waals surface area contributed by atoms with E-state index in [2.05, 4.69) is 20.8 Å². The van der Waals surface area contributed by atoms with Crippen molar-refractivity contribution in [1.82, 2.24) is 0 Å². The highest BCUT2D eigenvalue weighted by molar-refractivity contribution is 5.98. The van der Waals surface area contributed by atoms with E-state index in [0.717, 1.165) is 30.6 Å². The highest BCUT2D eigenvalue weighted by atomic mass is 16.5. The van der Waals surface area contributed by atoms with Crippen LogP contribution in [-0.4, -0.2) is 11.4 Å². The molecule has 0 amide bonds. The summed E-state index contributed by atoms with van der Waals surface area (Å²) in [7, 11) is 0. The first kappa shape index (κ1) is 11.3. The van der Waals surface area contributed by atoms with E-state index in [0.29, 0.717) is 18.1 Å². The molecule has 2 heteroatoms. The number of carbonyl (C=O) groups is 1. The molecule has 3 rings (SSSR count). The average molecular weight is 234 g/mol. The molecule has 0 aromatic heterocycles. The molecule has 0 aromatic rings. The van der Waals surface area contributed by atoms with Gasteiger partial charge in [-0.2, -0.15) is 0 Å². The zero-order valence-corrected chi connectivity index (χ0v) is 11.1. The molecule has 0 spiro atoms. The van der Waals surface area contributed by atoms with E-state index in [-0.39, 0.29) is 11.0 Å². The summed E-state index contributed by atoms with van der Waals surface area (Å²) in [6.07, 6.45) is 6.38. The molecule has 1 saturated carbocycles. The molecule has 0 aromatic carbocycles. The van der Waals surface area contributed by atoms with Crippen molar-refractivity contribution in [2.75, 3.05) is 0 Å². The molecule has 17 heavy (non-hydrogen) atoms. The van der Waals surface area contributed by atoms with Gasteiger partial charge < -0.3 is 4.74 Å². The zero-order chi connectivity index (χ0) is 12.3. The molecule has 0 saturated heterocycles. The number of Topliss-reactive ketones (excluding diaryl/α,β-unsaturated/α-hetero) is 1. The van der Waals surface area contributed by atoms with Gasteiger partial charge in [0.05, 0.1) is 0 Å². The minimum absolute atomic E-state index is 0.0704. The number of allylic oxidation sites excluding steroid dienone is 1. The molecular formula is C15H22O2. The van der Waals surface area contributed by atoms with Crippen LogP contribution in [0.2, 0.25) is 0 Å². The summed E-state index contributed by atoms with van der Waals surface area (Å²) in [6.45, 7) is 6.54. The fraction of sp³-hybridized carbons (Fsp3) is 0.800. The number of hydrogen-bond donors (Lipinski definition) is 0. The maximum atomic E-state index is 12.4. The summed E-state index contributed by atoms with van der Waals surface area (Å²) in [6, 6.07) is 0. The first-order valence-corrected chi connectivity index (χ1v) is 6.87. The van der Waals surface area contributed by atoms with Crippen molar-refractivity contribution in [3.8, 4) is 0 Å². The molecular weight excluding hydrogens is 212 g/mol. The maximum Gasteiger partial charge on any atom is 0.163 e. The lowest BCUT2D eigenvalue weighted by atomic mass is 9.69. The minimum atomic E-state index is -0.0704. The highest BCUT2D eigenvalue weighted by Gasteiger charge is 2.52. The Hall–Kier alpha value is -0.790. The van der Waals surface area contributed by atoms with Crippen molar-refractivity contribution in [3.05, 3.63) is 11.3 Å². The fourth-order valence-electron chi connectivity index (χ4n) is 3.91. The Morgan fingerprint density at radius 3 is 2.71 bits per heavy atom. The molecule has 2 aliphatic carbocycles. The summed E-state index contributed by atoms with van der Waals surface area (Å²) < 4.78 is 6.22. The van der Waals surface area contributed by atoms with Crippen LogP contribution in [0, 0.1) is 11.3 Å². The van der Waals surface area contributed by atoms with Gasteiger partial charge in [0.15, 0.2) is 5.78 Å². The summed E-state index contributed by atoms with van der Waals surface area (Å²) in [4.78, 5) is 12.4. The lowest BCUT2D eigenvalue weighted by Gasteiger charge is -2.36. The lowest BCUT2D eigenvalue weighted by molar-refractivity contribution is -0.118. The third-order valence-electron chi connectivity index (χ3n) is 4.74. The molecule has 1 heterocycles. The Balaban J connectivity index is 1.98. The molecule has 0 radical (unpaired) electrons. The Bertz CT molecular complexity index is 405. The van der Waals surface area contributed by atoms with Gasteiger partial charge in [-0.1, -0.05) is 20.3 Å². The Morgan fingerprint density at radius 1 is 1.18 bits per heavy atom. The van der Waals surface area contributed by atoms with E-state index < -0.39 is 0 Å². The largest absolute Gasteiger partial charge is 0.491 e. The molecule has 0 bridgehead atoms. The molecule has 2 nitrogen and oxygen atoms in total. The van der Waals surface area contributed by atoms with Crippen LogP contribution in [0.1, 0.15) is 59.3 Å². The normalized spacial score (nSPS) is 39.7. The van der Waals surface area contributed by atoms with Crippen LogP contribution in [-0.2, 0) is 9.53 Å². The van der Waals surface area contributed by atoms with E-state index in [1.54, 1.807) is 0 Å². The molecule has 2 unspecified atom stereocenters. The summed E-state index contributed by atoms with van der Waals surface area (Å²) in [5.74, 6) is 1.77. The van der Waals surface area contributed by atoms with E-state index in [1.807, 2.05) is 0 Å². The van der Waals surface area contributed by atoms with Crippen LogP contribution >= 0.6 is 0 Å². The van der Waals surface area contributed by atoms with Gasteiger partial charge >= 0.3 is 0 Å². The number of fused-ring (bicyclic) bond motifs is 2. The summed E-state index contributed by atoms with van der Waals surface area (Å²) >= 11 is 0. The van der Waals surface area contributed by atoms with E-state index >= 15 is 0 Å². The molecule has 1 fully saturated rings. The Morgan fingerprint density at radius 2 is 1.94 bits per heavy atom. The third-order valence-corrected chi connectivity index (χ3v) is 4.74. The summed E-state index contributed by atoms with van der Waals surface area (Å²) in [5, 5.41) is 0. The van der Waals surface area contributed by atoms with Gasteiger partial charge in [-0.15, -0.1) is 0 Å². The van der Waals surface area contributed by atoms with Crippen LogP contribution in [0.3, 0.4) is 0 Å². The second kappa shape index (κ2) is 3.37. The van der Waals surface area contributed by atoms with Crippen molar-refractivity contribution in [1.29, 1.82) is 0 Å². The first-order chi connectivity index (χ1) is 7.91. The number of hydrogen-bond acceptors (Lipinski definition) is 2. The van der Waals surface area contributed by atoms with Crippen molar-refractivity contribution in [2.45, 2.75) is 64.9 Å². The molecule has 0 N–H and O–H groups in total. The zero-order valence-electron chi connectivity index (χ0n) is 11.1. The quantitative estimate of drug-likeness (QED) is 0.640. The van der Waals surface area contributed by atoms with Gasteiger partial charge in [0.1, 0.15) is 11.4 Å². The SMILES string of the molecule is CC1(C)CC(=O)C2=C(C1)OC1(C)CCCCC21. The minimum Gasteiger partial charge on any atom is -0.491 e. The predicted octanol–water partition coefficient (Wildman–Crippen LogP) is 3.61. The van der Waals surface area contributed by atoms with E-state index in [4.69, 9.17) is 4.74 Å². The molecule has 3 aliphatic rings. The third kappa shape index (κ3) is 1.64. The number of carbonyl (C=O) groups excluding carboxylic acids is 1.